The lowest BCUT2D eigenvalue weighted by atomic mass is 10.1. The minimum atomic E-state index is -0.252. The molecule has 1 amide bonds. The van der Waals surface area contributed by atoms with E-state index in [-0.39, 0.29) is 5.91 Å². The third-order valence-electron chi connectivity index (χ3n) is 4.18. The molecule has 0 unspecified atom stereocenters. The van der Waals surface area contributed by atoms with Crippen LogP contribution in [0.3, 0.4) is 0 Å². The number of nitrogens with one attached hydrogen (secondary N) is 1. The topological polar surface area (TPSA) is 64.4 Å². The van der Waals surface area contributed by atoms with Gasteiger partial charge in [-0.3, -0.25) is 4.79 Å². The van der Waals surface area contributed by atoms with E-state index in [2.05, 4.69) is 10.5 Å². The lowest BCUT2D eigenvalue weighted by Crippen LogP contribution is -2.11. The molecule has 5 nitrogen and oxygen atoms in total. The number of methoxy groups -OCH3 is 1. The number of nitrogens with zero attached hydrogens (tertiary/aromatic N) is 1. The Labute approximate surface area is 160 Å². The van der Waals surface area contributed by atoms with Gasteiger partial charge in [0.15, 0.2) is 5.76 Å². The van der Waals surface area contributed by atoms with Gasteiger partial charge in [-0.15, -0.1) is 0 Å². The first-order valence-electron chi connectivity index (χ1n) is 8.25. The summed E-state index contributed by atoms with van der Waals surface area (Å²) in [5.41, 5.74) is 2.67. The molecule has 1 aromatic heterocycles. The molecule has 0 bridgehead atoms. The zero-order valence-corrected chi connectivity index (χ0v) is 15.2. The smallest absolute Gasteiger partial charge is 0.255 e. The number of ether oxygens (including phenoxy) is 1. The third kappa shape index (κ3) is 3.37. The van der Waals surface area contributed by atoms with E-state index >= 15 is 0 Å². The van der Waals surface area contributed by atoms with Gasteiger partial charge in [0, 0.05) is 16.8 Å². The molecule has 0 atom stereocenters. The quantitative estimate of drug-likeness (QED) is 0.515. The predicted octanol–water partition coefficient (Wildman–Crippen LogP) is 5.41. The van der Waals surface area contributed by atoms with Crippen LogP contribution in [-0.2, 0) is 0 Å². The van der Waals surface area contributed by atoms with Gasteiger partial charge in [-0.1, -0.05) is 47.1 Å². The molecule has 134 valence electrons. The summed E-state index contributed by atoms with van der Waals surface area (Å²) >= 11 is 6.11. The second-order valence-electron chi connectivity index (χ2n) is 5.91. The molecule has 1 N–H and O–H groups in total. The summed E-state index contributed by atoms with van der Waals surface area (Å²) in [4.78, 5) is 12.7. The minimum absolute atomic E-state index is 0.252. The van der Waals surface area contributed by atoms with Crippen LogP contribution in [0.2, 0.25) is 5.02 Å². The van der Waals surface area contributed by atoms with Crippen LogP contribution in [0.25, 0.3) is 22.2 Å². The third-order valence-corrected chi connectivity index (χ3v) is 4.48. The van der Waals surface area contributed by atoms with E-state index in [0.717, 1.165) is 10.9 Å². The van der Waals surface area contributed by atoms with Crippen LogP contribution < -0.4 is 10.1 Å². The van der Waals surface area contributed by atoms with Crippen LogP contribution in [-0.4, -0.2) is 18.2 Å². The van der Waals surface area contributed by atoms with E-state index in [0.29, 0.717) is 33.3 Å². The molecule has 0 saturated heterocycles. The van der Waals surface area contributed by atoms with Gasteiger partial charge in [0.05, 0.1) is 17.5 Å². The summed E-state index contributed by atoms with van der Waals surface area (Å²) in [5.74, 6) is 0.930. The van der Waals surface area contributed by atoms with Crippen LogP contribution in [0.4, 0.5) is 5.69 Å². The highest BCUT2D eigenvalue weighted by Gasteiger charge is 2.14. The summed E-state index contributed by atoms with van der Waals surface area (Å²) in [6.07, 6.45) is 0. The number of carbonyl (C=O) groups is 1. The van der Waals surface area contributed by atoms with Crippen molar-refractivity contribution in [2.24, 2.45) is 0 Å². The maximum atomic E-state index is 12.7. The highest BCUT2D eigenvalue weighted by molar-refractivity contribution is 6.32. The molecule has 4 rings (SSSR count). The molecule has 6 heteroatoms. The van der Waals surface area contributed by atoms with Crippen molar-refractivity contribution in [2.45, 2.75) is 0 Å². The molecule has 0 saturated carbocycles. The van der Waals surface area contributed by atoms with Crippen molar-refractivity contribution in [3.8, 4) is 17.1 Å². The molecule has 0 aliphatic heterocycles. The SMILES string of the molecule is COc1ccc(NC(=O)c2ccc3noc(-c4ccccc4)c3c2)cc1Cl. The summed E-state index contributed by atoms with van der Waals surface area (Å²) in [7, 11) is 1.54. The minimum Gasteiger partial charge on any atom is -0.495 e. The molecule has 0 aliphatic carbocycles. The summed E-state index contributed by atoms with van der Waals surface area (Å²) in [6, 6.07) is 20.0. The van der Waals surface area contributed by atoms with Gasteiger partial charge < -0.3 is 14.6 Å². The average molecular weight is 379 g/mol. The lowest BCUT2D eigenvalue weighted by Gasteiger charge is -2.08. The van der Waals surface area contributed by atoms with Gasteiger partial charge >= 0.3 is 0 Å². The van der Waals surface area contributed by atoms with Gasteiger partial charge in [0.2, 0.25) is 0 Å². The number of halogens is 1. The van der Waals surface area contributed by atoms with E-state index in [1.54, 1.807) is 36.4 Å². The highest BCUT2D eigenvalue weighted by atomic mass is 35.5. The number of fused-ring (bicyclic) bond motifs is 1. The number of hydrogen-bond donors (Lipinski definition) is 1. The Hall–Kier alpha value is -3.31. The molecular formula is C21H15ClN2O3. The molecule has 0 fully saturated rings. The number of hydrogen-bond acceptors (Lipinski definition) is 4. The molecule has 4 aromatic rings. The second kappa shape index (κ2) is 7.13. The van der Waals surface area contributed by atoms with E-state index in [1.165, 1.54) is 7.11 Å². The van der Waals surface area contributed by atoms with E-state index in [9.17, 15) is 4.79 Å². The fourth-order valence-corrected chi connectivity index (χ4v) is 3.09. The first-order valence-corrected chi connectivity index (χ1v) is 8.63. The number of anilines is 1. The van der Waals surface area contributed by atoms with Crippen molar-refractivity contribution in [1.29, 1.82) is 0 Å². The Morgan fingerprint density at radius 1 is 1.07 bits per heavy atom. The Bertz CT molecular complexity index is 1120. The van der Waals surface area contributed by atoms with E-state index in [4.69, 9.17) is 20.9 Å². The Morgan fingerprint density at radius 3 is 2.63 bits per heavy atom. The van der Waals surface area contributed by atoms with Crippen molar-refractivity contribution in [1.82, 2.24) is 5.16 Å². The van der Waals surface area contributed by atoms with Gasteiger partial charge in [-0.2, -0.15) is 0 Å². The molecular weight excluding hydrogens is 364 g/mol. The van der Waals surface area contributed by atoms with Crippen LogP contribution in [0.1, 0.15) is 10.4 Å². The van der Waals surface area contributed by atoms with Crippen molar-refractivity contribution in [3.05, 3.63) is 77.3 Å². The molecule has 0 spiro atoms. The summed E-state index contributed by atoms with van der Waals surface area (Å²) < 4.78 is 10.6. The Morgan fingerprint density at radius 2 is 1.89 bits per heavy atom. The van der Waals surface area contributed by atoms with Crippen LogP contribution >= 0.6 is 11.6 Å². The normalized spacial score (nSPS) is 10.7. The first kappa shape index (κ1) is 17.1. The molecule has 3 aromatic carbocycles. The zero-order chi connectivity index (χ0) is 18.8. The van der Waals surface area contributed by atoms with Crippen molar-refractivity contribution >= 4 is 34.1 Å². The van der Waals surface area contributed by atoms with Crippen LogP contribution in [0, 0.1) is 0 Å². The molecule has 0 radical (unpaired) electrons. The van der Waals surface area contributed by atoms with Gasteiger partial charge in [0.1, 0.15) is 11.3 Å². The Kier molecular flexibility index (Phi) is 4.52. The summed E-state index contributed by atoms with van der Waals surface area (Å²) in [5, 5.41) is 8.11. The number of carbonyl (C=O) groups excluding carboxylic acids is 1. The number of aromatic nitrogens is 1. The standard InChI is InChI=1S/C21H15ClN2O3/c1-26-19-10-8-15(12-17(19)22)23-21(25)14-7-9-18-16(11-14)20(27-24-18)13-5-3-2-4-6-13/h2-12H,1H3,(H,23,25). The highest BCUT2D eigenvalue weighted by Crippen LogP contribution is 2.30. The van der Waals surface area contributed by atoms with Crippen LogP contribution in [0.15, 0.2) is 71.3 Å². The zero-order valence-electron chi connectivity index (χ0n) is 14.4. The van der Waals surface area contributed by atoms with E-state index < -0.39 is 0 Å². The maximum absolute atomic E-state index is 12.7. The van der Waals surface area contributed by atoms with Crippen molar-refractivity contribution < 1.29 is 14.1 Å². The van der Waals surface area contributed by atoms with Gasteiger partial charge in [0.25, 0.3) is 5.91 Å². The first-order chi connectivity index (χ1) is 13.2. The largest absolute Gasteiger partial charge is 0.495 e. The fourth-order valence-electron chi connectivity index (χ4n) is 2.83. The van der Waals surface area contributed by atoms with Crippen LogP contribution in [0.5, 0.6) is 5.75 Å². The molecule has 27 heavy (non-hydrogen) atoms. The Balaban J connectivity index is 1.65. The number of rotatable bonds is 4. The maximum Gasteiger partial charge on any atom is 0.255 e. The molecule has 0 aliphatic rings. The predicted molar refractivity (Wildman–Crippen MR) is 105 cm³/mol. The molecule has 1 heterocycles. The van der Waals surface area contributed by atoms with Crippen molar-refractivity contribution in [2.75, 3.05) is 12.4 Å². The monoisotopic (exact) mass is 378 g/mol. The van der Waals surface area contributed by atoms with Crippen molar-refractivity contribution in [3.63, 3.8) is 0 Å². The fraction of sp³-hybridized carbons (Fsp3) is 0.0476. The lowest BCUT2D eigenvalue weighted by molar-refractivity contribution is 0.102. The second-order valence-corrected chi connectivity index (χ2v) is 6.32. The average Bonchev–Trinajstić information content (AvgIpc) is 3.12. The van der Waals surface area contributed by atoms with Gasteiger partial charge in [-0.05, 0) is 36.4 Å². The summed E-state index contributed by atoms with van der Waals surface area (Å²) in [6.45, 7) is 0. The number of amides is 1. The van der Waals surface area contributed by atoms with Gasteiger partial charge in [-0.25, -0.2) is 0 Å². The van der Waals surface area contributed by atoms with E-state index in [1.807, 2.05) is 30.3 Å². The number of benzene rings is 3.